The average molecular weight is 505 g/mol. The van der Waals surface area contributed by atoms with Gasteiger partial charge in [-0.15, -0.1) is 0 Å². The first kappa shape index (κ1) is 24.2. The molecule has 1 aromatic heterocycles. The Morgan fingerprint density at radius 3 is 2.56 bits per heavy atom. The van der Waals surface area contributed by atoms with Crippen LogP contribution in [0.1, 0.15) is 54.5 Å². The molecule has 3 atom stereocenters. The molecule has 1 saturated carbocycles. The number of aromatic nitrogens is 2. The second-order valence-electron chi connectivity index (χ2n) is 11.5. The average Bonchev–Trinajstić information content (AvgIpc) is 3.57. The molecule has 0 radical (unpaired) electrons. The number of phenols is 1. The van der Waals surface area contributed by atoms with E-state index >= 15 is 0 Å². The molecule has 1 aromatic carbocycles. The van der Waals surface area contributed by atoms with Crippen molar-refractivity contribution in [3.05, 3.63) is 46.8 Å². The number of halogens is 3. The van der Waals surface area contributed by atoms with Gasteiger partial charge in [-0.25, -0.2) is 0 Å². The summed E-state index contributed by atoms with van der Waals surface area (Å²) in [6.07, 6.45) is 2.58. The summed E-state index contributed by atoms with van der Waals surface area (Å²) >= 11 is 0. The van der Waals surface area contributed by atoms with Crippen molar-refractivity contribution in [3.8, 4) is 5.75 Å². The summed E-state index contributed by atoms with van der Waals surface area (Å²) in [5.74, 6) is 0.976. The minimum atomic E-state index is -4.45. The van der Waals surface area contributed by atoms with E-state index in [2.05, 4.69) is 14.9 Å². The van der Waals surface area contributed by atoms with Crippen LogP contribution in [0.2, 0.25) is 0 Å². The van der Waals surface area contributed by atoms with E-state index in [0.717, 1.165) is 50.4 Å². The number of piperidine rings is 1. The molecule has 0 spiro atoms. The number of hydrogen-bond donors (Lipinski definition) is 2. The Labute approximate surface area is 209 Å². The smallest absolute Gasteiger partial charge is 0.435 e. The molecule has 2 aromatic rings. The van der Waals surface area contributed by atoms with Gasteiger partial charge in [0.15, 0.2) is 5.69 Å². The molecule has 2 aliphatic carbocycles. The zero-order chi connectivity index (χ0) is 25.3. The lowest BCUT2D eigenvalue weighted by molar-refractivity contribution is -0.149. The van der Waals surface area contributed by atoms with E-state index in [4.69, 9.17) is 0 Å². The van der Waals surface area contributed by atoms with Crippen LogP contribution in [0.4, 0.5) is 13.2 Å². The quantitative estimate of drug-likeness (QED) is 0.650. The molecule has 3 heterocycles. The van der Waals surface area contributed by atoms with E-state index in [1.54, 1.807) is 6.07 Å². The predicted octanol–water partition coefficient (Wildman–Crippen LogP) is 3.72. The molecule has 6 rings (SSSR count). The van der Waals surface area contributed by atoms with Crippen LogP contribution in [-0.4, -0.2) is 74.2 Å². The topological polar surface area (TPSA) is 64.8 Å². The SMILES string of the molecule is Cc1cn(CCN2CC[C@]34CCN(CC5CC5)[C@H](Cc5ccc(O)cc53)[C@]4(O)CC2)nc1C(F)(F)F. The second-order valence-corrected chi connectivity index (χ2v) is 11.5. The van der Waals surface area contributed by atoms with E-state index in [1.807, 2.05) is 12.1 Å². The van der Waals surface area contributed by atoms with Crippen LogP contribution < -0.4 is 0 Å². The number of aromatic hydroxyl groups is 1. The summed E-state index contributed by atoms with van der Waals surface area (Å²) in [4.78, 5) is 4.78. The van der Waals surface area contributed by atoms with Crippen LogP contribution in [0.25, 0.3) is 0 Å². The van der Waals surface area contributed by atoms with Crippen molar-refractivity contribution in [2.45, 2.75) is 75.2 Å². The molecule has 9 heteroatoms. The zero-order valence-corrected chi connectivity index (χ0v) is 20.8. The van der Waals surface area contributed by atoms with Crippen molar-refractivity contribution < 1.29 is 23.4 Å². The first-order valence-corrected chi connectivity index (χ1v) is 13.2. The highest BCUT2D eigenvalue weighted by Gasteiger charge is 2.63. The van der Waals surface area contributed by atoms with Crippen LogP contribution >= 0.6 is 0 Å². The Balaban J connectivity index is 1.26. The Morgan fingerprint density at radius 2 is 1.83 bits per heavy atom. The van der Waals surface area contributed by atoms with Gasteiger partial charge in [-0.3, -0.25) is 9.58 Å². The molecule has 3 fully saturated rings. The lowest BCUT2D eigenvalue weighted by atomic mass is 9.52. The third-order valence-electron chi connectivity index (χ3n) is 9.38. The van der Waals surface area contributed by atoms with Crippen molar-refractivity contribution >= 4 is 0 Å². The van der Waals surface area contributed by atoms with E-state index in [1.165, 1.54) is 36.2 Å². The Morgan fingerprint density at radius 1 is 1.08 bits per heavy atom. The molecule has 0 amide bonds. The monoisotopic (exact) mass is 504 g/mol. The first-order chi connectivity index (χ1) is 17.1. The molecule has 6 nitrogen and oxygen atoms in total. The van der Waals surface area contributed by atoms with Crippen LogP contribution in [0, 0.1) is 12.8 Å². The number of benzene rings is 1. The normalized spacial score (nSPS) is 31.1. The van der Waals surface area contributed by atoms with E-state index in [-0.39, 0.29) is 17.4 Å². The van der Waals surface area contributed by atoms with Gasteiger partial charge in [0, 0.05) is 37.3 Å². The van der Waals surface area contributed by atoms with Crippen LogP contribution in [0.15, 0.2) is 24.4 Å². The maximum Gasteiger partial charge on any atom is 0.435 e. The number of likely N-dealkylation sites (tertiary alicyclic amines) is 2. The minimum absolute atomic E-state index is 0.0481. The van der Waals surface area contributed by atoms with Crippen molar-refractivity contribution in [2.75, 3.05) is 32.7 Å². The van der Waals surface area contributed by atoms with Gasteiger partial charge in [0.25, 0.3) is 0 Å². The van der Waals surface area contributed by atoms with E-state index < -0.39 is 22.9 Å². The number of rotatable bonds is 5. The molecule has 196 valence electrons. The number of alkyl halides is 3. The third kappa shape index (κ3) is 3.94. The highest BCUT2D eigenvalue weighted by Crippen LogP contribution is 2.56. The van der Waals surface area contributed by atoms with E-state index in [9.17, 15) is 23.4 Å². The van der Waals surface area contributed by atoms with Crippen molar-refractivity contribution in [1.82, 2.24) is 19.6 Å². The van der Waals surface area contributed by atoms with Crippen LogP contribution in [0.5, 0.6) is 5.75 Å². The highest BCUT2D eigenvalue weighted by atomic mass is 19.4. The summed E-state index contributed by atoms with van der Waals surface area (Å²) in [5.41, 5.74) is 0.304. The van der Waals surface area contributed by atoms with Crippen LogP contribution in [0.3, 0.4) is 0 Å². The number of aliphatic hydroxyl groups is 1. The lowest BCUT2D eigenvalue weighted by Gasteiger charge is -2.61. The number of aryl methyl sites for hydroxylation is 1. The fraction of sp³-hybridized carbons (Fsp3) is 0.667. The van der Waals surface area contributed by atoms with Crippen molar-refractivity contribution in [2.24, 2.45) is 5.92 Å². The molecule has 2 saturated heterocycles. The van der Waals surface area contributed by atoms with Crippen LogP contribution in [-0.2, 0) is 24.6 Å². The molecular formula is C27H35F3N4O2. The number of phenolic OH excluding ortho intramolecular Hbond substituents is 1. The maximum atomic E-state index is 13.2. The summed E-state index contributed by atoms with van der Waals surface area (Å²) in [6.45, 7) is 5.82. The highest BCUT2D eigenvalue weighted by molar-refractivity contribution is 5.48. The molecule has 4 aliphatic rings. The summed E-state index contributed by atoms with van der Waals surface area (Å²) in [6, 6.07) is 5.70. The van der Waals surface area contributed by atoms with Gasteiger partial charge in [0.05, 0.1) is 12.1 Å². The van der Waals surface area contributed by atoms with Gasteiger partial charge in [0.1, 0.15) is 5.75 Å². The number of hydrogen-bond acceptors (Lipinski definition) is 5. The van der Waals surface area contributed by atoms with Gasteiger partial charge >= 0.3 is 6.18 Å². The summed E-state index contributed by atoms with van der Waals surface area (Å²) in [7, 11) is 0. The standard InChI is InChI=1S/C27H35F3N4O2/c1-18-16-34(31-24(18)27(28,29)30)13-12-32-9-6-25-7-11-33(17-19-2-3-19)23(26(25,36)8-10-32)14-20-4-5-21(35)15-22(20)25/h4-5,15-16,19,23,35-36H,2-3,6-14,17H2,1H3/t23-,25+,26-/m1/s1. The Kier molecular flexibility index (Phi) is 5.70. The van der Waals surface area contributed by atoms with Crippen molar-refractivity contribution in [3.63, 3.8) is 0 Å². The Hall–Kier alpha value is -2.10. The first-order valence-electron chi connectivity index (χ1n) is 13.2. The zero-order valence-electron chi connectivity index (χ0n) is 20.8. The Bertz CT molecular complexity index is 1150. The van der Waals surface area contributed by atoms with Crippen molar-refractivity contribution in [1.29, 1.82) is 0 Å². The molecule has 2 N–H and O–H groups in total. The molecule has 2 aliphatic heterocycles. The summed E-state index contributed by atoms with van der Waals surface area (Å²) in [5, 5.41) is 26.7. The van der Waals surface area contributed by atoms with Gasteiger partial charge in [-0.1, -0.05) is 6.07 Å². The largest absolute Gasteiger partial charge is 0.508 e. The molecular weight excluding hydrogens is 469 g/mol. The second kappa shape index (κ2) is 8.46. The fourth-order valence-electron chi connectivity index (χ4n) is 7.29. The van der Waals surface area contributed by atoms with Gasteiger partial charge in [-0.05, 0) is 93.3 Å². The number of nitrogens with zero attached hydrogens (tertiary/aromatic N) is 4. The lowest BCUT2D eigenvalue weighted by Crippen LogP contribution is -2.71. The third-order valence-corrected chi connectivity index (χ3v) is 9.38. The van der Waals surface area contributed by atoms with Gasteiger partial charge < -0.3 is 15.1 Å². The number of fused-ring (bicyclic) bond motifs is 1. The van der Waals surface area contributed by atoms with E-state index in [0.29, 0.717) is 26.1 Å². The molecule has 0 unspecified atom stereocenters. The predicted molar refractivity (Wildman–Crippen MR) is 129 cm³/mol. The minimum Gasteiger partial charge on any atom is -0.508 e. The molecule has 2 bridgehead atoms. The molecule has 36 heavy (non-hydrogen) atoms. The van der Waals surface area contributed by atoms with Gasteiger partial charge in [-0.2, -0.15) is 18.3 Å². The summed E-state index contributed by atoms with van der Waals surface area (Å²) < 4.78 is 40.9. The van der Waals surface area contributed by atoms with Gasteiger partial charge in [0.2, 0.25) is 0 Å². The maximum absolute atomic E-state index is 13.2. The fourth-order valence-corrected chi connectivity index (χ4v) is 7.29.